The number of aromatic amines is 1. The van der Waals surface area contributed by atoms with Crippen molar-refractivity contribution in [1.82, 2.24) is 19.9 Å². The summed E-state index contributed by atoms with van der Waals surface area (Å²) in [5.41, 5.74) is 6.46. The van der Waals surface area contributed by atoms with E-state index in [1.165, 1.54) is 0 Å². The number of hydrogen-bond donors (Lipinski definition) is 2. The van der Waals surface area contributed by atoms with E-state index in [1.807, 2.05) is 48.9 Å². The van der Waals surface area contributed by atoms with Gasteiger partial charge in [-0.2, -0.15) is 0 Å². The maximum Gasteiger partial charge on any atom is 0.175 e. The third-order valence-electron chi connectivity index (χ3n) is 5.24. The second-order valence-corrected chi connectivity index (χ2v) is 7.29. The topological polar surface area (TPSA) is 97.3 Å². The smallest absolute Gasteiger partial charge is 0.175 e. The average molecular weight is 414 g/mol. The molecule has 0 spiro atoms. The van der Waals surface area contributed by atoms with Crippen molar-refractivity contribution in [2.75, 3.05) is 26.1 Å². The number of rotatable bonds is 6. The molecule has 8 nitrogen and oxygen atoms in total. The van der Waals surface area contributed by atoms with Gasteiger partial charge < -0.3 is 19.8 Å². The molecular weight excluding hydrogens is 392 g/mol. The molecule has 2 N–H and O–H groups in total. The monoisotopic (exact) mass is 414 g/mol. The minimum Gasteiger partial charge on any atom is -0.497 e. The molecule has 5 rings (SSSR count). The van der Waals surface area contributed by atoms with E-state index in [4.69, 9.17) is 14.5 Å². The van der Waals surface area contributed by atoms with Gasteiger partial charge in [-0.25, -0.2) is 19.9 Å². The van der Waals surface area contributed by atoms with E-state index < -0.39 is 0 Å². The molecule has 0 saturated carbocycles. The molecule has 31 heavy (non-hydrogen) atoms. The highest BCUT2D eigenvalue weighted by molar-refractivity contribution is 5.84. The third-order valence-corrected chi connectivity index (χ3v) is 5.24. The number of aromatic nitrogens is 4. The molecule has 0 fully saturated rings. The summed E-state index contributed by atoms with van der Waals surface area (Å²) in [4.78, 5) is 21.4. The number of aryl methyl sites for hydroxylation is 2. The molecule has 0 radical (unpaired) electrons. The van der Waals surface area contributed by atoms with Crippen molar-refractivity contribution in [3.63, 3.8) is 0 Å². The molecular formula is C23H22N6O2. The van der Waals surface area contributed by atoms with Crippen LogP contribution in [0.2, 0.25) is 0 Å². The number of hydrogen-bond acceptors (Lipinski definition) is 7. The van der Waals surface area contributed by atoms with Crippen LogP contribution in [0.25, 0.3) is 22.4 Å². The molecule has 156 valence electrons. The number of pyridine rings is 1. The lowest BCUT2D eigenvalue weighted by atomic mass is 10.1. The van der Waals surface area contributed by atoms with Crippen molar-refractivity contribution < 1.29 is 9.47 Å². The van der Waals surface area contributed by atoms with E-state index in [1.54, 1.807) is 14.2 Å². The number of aliphatic imine (C=N–C) groups is 1. The Hall–Kier alpha value is -3.94. The first kappa shape index (κ1) is 19.0. The number of nitrogens with one attached hydrogen (secondary N) is 2. The first-order valence-electron chi connectivity index (χ1n) is 10.1. The van der Waals surface area contributed by atoms with Gasteiger partial charge in [0.15, 0.2) is 11.5 Å². The minimum atomic E-state index is 0.705. The molecule has 3 aromatic heterocycles. The zero-order valence-electron chi connectivity index (χ0n) is 17.3. The zero-order chi connectivity index (χ0) is 21.2. The summed E-state index contributed by atoms with van der Waals surface area (Å²) < 4.78 is 10.7. The zero-order valence-corrected chi connectivity index (χ0v) is 17.3. The van der Waals surface area contributed by atoms with Crippen LogP contribution in [0.1, 0.15) is 11.3 Å². The molecule has 0 unspecified atom stereocenters. The largest absolute Gasteiger partial charge is 0.497 e. The van der Waals surface area contributed by atoms with Gasteiger partial charge in [-0.05, 0) is 42.7 Å². The summed E-state index contributed by atoms with van der Waals surface area (Å²) in [7, 11) is 3.31. The molecule has 1 aromatic carbocycles. The van der Waals surface area contributed by atoms with Crippen molar-refractivity contribution in [3.05, 3.63) is 54.0 Å². The second-order valence-electron chi connectivity index (χ2n) is 7.29. The van der Waals surface area contributed by atoms with Gasteiger partial charge in [0.25, 0.3) is 0 Å². The fraction of sp³-hybridized carbons (Fsp3) is 0.217. The molecule has 1 aliphatic heterocycles. The third kappa shape index (κ3) is 3.92. The van der Waals surface area contributed by atoms with Crippen molar-refractivity contribution in [1.29, 1.82) is 0 Å². The first-order chi connectivity index (χ1) is 15.2. The minimum absolute atomic E-state index is 0.705. The van der Waals surface area contributed by atoms with Crippen LogP contribution < -0.4 is 14.8 Å². The number of anilines is 1. The van der Waals surface area contributed by atoms with E-state index in [2.05, 4.69) is 25.3 Å². The maximum atomic E-state index is 5.36. The van der Waals surface area contributed by atoms with Crippen LogP contribution in [0.15, 0.2) is 47.7 Å². The quantitative estimate of drug-likeness (QED) is 0.496. The number of ether oxygens (including phenoxy) is 2. The van der Waals surface area contributed by atoms with Gasteiger partial charge >= 0.3 is 0 Å². The van der Waals surface area contributed by atoms with Crippen LogP contribution in [0.4, 0.5) is 11.5 Å². The predicted octanol–water partition coefficient (Wildman–Crippen LogP) is 3.95. The Morgan fingerprint density at radius 1 is 0.935 bits per heavy atom. The highest BCUT2D eigenvalue weighted by Crippen LogP contribution is 2.30. The molecule has 0 aliphatic carbocycles. The molecule has 8 heteroatoms. The van der Waals surface area contributed by atoms with Crippen LogP contribution in [0.5, 0.6) is 11.5 Å². The van der Waals surface area contributed by atoms with Gasteiger partial charge in [-0.15, -0.1) is 0 Å². The highest BCUT2D eigenvalue weighted by atomic mass is 16.5. The van der Waals surface area contributed by atoms with Crippen LogP contribution in [-0.4, -0.2) is 46.9 Å². The Labute approximate surface area is 179 Å². The van der Waals surface area contributed by atoms with Crippen molar-refractivity contribution in [2.45, 2.75) is 12.8 Å². The molecule has 0 bridgehead atoms. The second kappa shape index (κ2) is 8.06. The highest BCUT2D eigenvalue weighted by Gasteiger charge is 2.12. The van der Waals surface area contributed by atoms with Gasteiger partial charge in [0, 0.05) is 24.0 Å². The molecule has 1 aliphatic rings. The average Bonchev–Trinajstić information content (AvgIpc) is 3.25. The van der Waals surface area contributed by atoms with Crippen molar-refractivity contribution >= 4 is 28.9 Å². The van der Waals surface area contributed by atoms with Crippen LogP contribution in [0.3, 0.4) is 0 Å². The summed E-state index contributed by atoms with van der Waals surface area (Å²) in [5.74, 6) is 2.27. The molecule has 0 amide bonds. The van der Waals surface area contributed by atoms with E-state index in [0.29, 0.717) is 12.4 Å². The van der Waals surface area contributed by atoms with Crippen LogP contribution in [-0.2, 0) is 12.8 Å². The summed E-state index contributed by atoms with van der Waals surface area (Å²) in [6.45, 7) is 0.705. The lowest BCUT2D eigenvalue weighted by Crippen LogP contribution is -2.07. The number of H-pyrrole nitrogens is 1. The van der Waals surface area contributed by atoms with Gasteiger partial charge in [-0.1, -0.05) is 0 Å². The van der Waals surface area contributed by atoms with E-state index in [9.17, 15) is 0 Å². The summed E-state index contributed by atoms with van der Waals surface area (Å²) in [5, 5.41) is 3.29. The van der Waals surface area contributed by atoms with Crippen molar-refractivity contribution in [3.8, 4) is 22.8 Å². The van der Waals surface area contributed by atoms with E-state index >= 15 is 0 Å². The molecule has 0 atom stereocenters. The fourth-order valence-electron chi connectivity index (χ4n) is 3.62. The summed E-state index contributed by atoms with van der Waals surface area (Å²) in [6, 6.07) is 9.96. The van der Waals surface area contributed by atoms with Gasteiger partial charge in [0.2, 0.25) is 0 Å². The summed E-state index contributed by atoms with van der Waals surface area (Å²) >= 11 is 0. The van der Waals surface area contributed by atoms with E-state index in [-0.39, 0.29) is 0 Å². The Bertz CT molecular complexity index is 1260. The standard InChI is InChI=1S/C23H22N6O2/c1-30-17-7-14(8-18(10-17)31-2)3-4-16-13-27-23-21(28-16)11-19(29-23)15-9-20-22(26-12-15)25-6-5-24-20/h6-13,24H,3-5H2,1-2H3,(H,27,29). The molecule has 4 heterocycles. The fourth-order valence-corrected chi connectivity index (χ4v) is 3.62. The van der Waals surface area contributed by atoms with Gasteiger partial charge in [0.05, 0.1) is 44.0 Å². The Balaban J connectivity index is 1.37. The molecule has 4 aromatic rings. The van der Waals surface area contributed by atoms with Crippen LogP contribution >= 0.6 is 0 Å². The lowest BCUT2D eigenvalue weighted by Gasteiger charge is -2.11. The number of nitrogens with zero attached hydrogens (tertiary/aromatic N) is 4. The van der Waals surface area contributed by atoms with Gasteiger partial charge in [0.1, 0.15) is 17.0 Å². The molecule has 0 saturated heterocycles. The Morgan fingerprint density at radius 3 is 2.58 bits per heavy atom. The maximum absolute atomic E-state index is 5.36. The number of methoxy groups -OCH3 is 2. The predicted molar refractivity (Wildman–Crippen MR) is 121 cm³/mol. The lowest BCUT2D eigenvalue weighted by molar-refractivity contribution is 0.393. The first-order valence-corrected chi connectivity index (χ1v) is 10.1. The number of fused-ring (bicyclic) bond motifs is 2. The van der Waals surface area contributed by atoms with Gasteiger partial charge in [-0.3, -0.25) is 0 Å². The van der Waals surface area contributed by atoms with Crippen molar-refractivity contribution in [2.24, 2.45) is 4.99 Å². The van der Waals surface area contributed by atoms with Crippen LogP contribution in [0, 0.1) is 0 Å². The Morgan fingerprint density at radius 2 is 1.77 bits per heavy atom. The SMILES string of the molecule is COc1cc(CCc2cnc3[nH]c(-c4cnc5c(c4)NCC=N5)cc3n2)cc(OC)c1. The normalized spacial score (nSPS) is 12.5. The Kier molecular flexibility index (Phi) is 4.95. The van der Waals surface area contributed by atoms with E-state index in [0.717, 1.165) is 63.7 Å². The summed E-state index contributed by atoms with van der Waals surface area (Å²) in [6.07, 6.45) is 7.02. The number of benzene rings is 1.